The first-order valence-corrected chi connectivity index (χ1v) is 16.3. The summed E-state index contributed by atoms with van der Waals surface area (Å²) in [5, 5.41) is 6.63. The number of hydrogen-bond acceptors (Lipinski definition) is 11. The molecule has 232 valence electrons. The first kappa shape index (κ1) is 31.0. The van der Waals surface area contributed by atoms with Gasteiger partial charge in [-0.3, -0.25) is 14.3 Å². The van der Waals surface area contributed by atoms with Crippen molar-refractivity contribution in [2.75, 3.05) is 53.3 Å². The van der Waals surface area contributed by atoms with Crippen LogP contribution in [0.2, 0.25) is 0 Å². The molecule has 0 aliphatic carbocycles. The number of nitrogens with one attached hydrogen (secondary N) is 2. The van der Waals surface area contributed by atoms with E-state index < -0.39 is 10.0 Å². The third-order valence-electron chi connectivity index (χ3n) is 7.81. The molecule has 2 aromatic carbocycles. The van der Waals surface area contributed by atoms with E-state index in [4.69, 9.17) is 15.5 Å². The van der Waals surface area contributed by atoms with E-state index in [0.29, 0.717) is 45.5 Å². The Kier molecular flexibility index (Phi) is 8.88. The quantitative estimate of drug-likeness (QED) is 0.220. The summed E-state index contributed by atoms with van der Waals surface area (Å²) >= 11 is 0. The molecule has 1 fully saturated rings. The maximum Gasteiger partial charge on any atom is 0.232 e. The third-order valence-corrected chi connectivity index (χ3v) is 8.99. The van der Waals surface area contributed by atoms with Crippen LogP contribution in [0.25, 0.3) is 17.1 Å². The van der Waals surface area contributed by atoms with E-state index in [1.54, 1.807) is 37.7 Å². The molecule has 0 radical (unpaired) electrons. The lowest BCUT2D eigenvalue weighted by Gasteiger charge is -2.34. The van der Waals surface area contributed by atoms with Gasteiger partial charge in [0.2, 0.25) is 16.0 Å². The molecule has 12 nitrogen and oxygen atoms in total. The minimum Gasteiger partial charge on any atom is -0.494 e. The van der Waals surface area contributed by atoms with Gasteiger partial charge in [-0.1, -0.05) is 26.5 Å². The molecular weight excluding hydrogens is 578 g/mol. The standard InChI is InChI=1S/C31H39N9O3S/c1-7-20-18-35-31(37-25-16-22(19(2)3)26(17-27(25)43-5)40-14-10-21(32)11-15-40)38-30(20)36-24-9-8-23-28(34-13-12-33-23)29(24)39(4)44(6,41)42/h7-9,12-13,16-19,21H,1,10-11,14-15,32H2,2-6H3,(H2,35,36,37,38). The third kappa shape index (κ3) is 6.38. The monoisotopic (exact) mass is 617 g/mol. The fourth-order valence-electron chi connectivity index (χ4n) is 5.29. The summed E-state index contributed by atoms with van der Waals surface area (Å²) in [4.78, 5) is 20.4. The summed E-state index contributed by atoms with van der Waals surface area (Å²) in [7, 11) is -0.504. The summed E-state index contributed by atoms with van der Waals surface area (Å²) in [5.74, 6) is 1.67. The highest BCUT2D eigenvalue weighted by Gasteiger charge is 2.24. The molecule has 13 heteroatoms. The molecule has 0 amide bonds. The molecule has 0 spiro atoms. The molecule has 44 heavy (non-hydrogen) atoms. The highest BCUT2D eigenvalue weighted by atomic mass is 32.2. The van der Waals surface area contributed by atoms with E-state index in [-0.39, 0.29) is 12.0 Å². The van der Waals surface area contributed by atoms with Crippen molar-refractivity contribution in [1.29, 1.82) is 0 Å². The number of anilines is 6. The minimum atomic E-state index is -3.62. The SMILES string of the molecule is C=Cc1cnc(Nc2cc(C(C)C)c(N3CCC(N)CC3)cc2OC)nc1Nc1ccc2nccnc2c1N(C)S(C)(=O)=O. The number of methoxy groups -OCH3 is 1. The Hall–Kier alpha value is -4.49. The minimum absolute atomic E-state index is 0.237. The van der Waals surface area contributed by atoms with Crippen LogP contribution >= 0.6 is 0 Å². The number of ether oxygens (including phenoxy) is 1. The van der Waals surface area contributed by atoms with E-state index in [2.05, 4.69) is 63.0 Å². The van der Waals surface area contributed by atoms with Gasteiger partial charge in [-0.05, 0) is 42.5 Å². The number of hydrogen-bond donors (Lipinski definition) is 3. The second kappa shape index (κ2) is 12.6. The predicted molar refractivity (Wildman–Crippen MR) is 178 cm³/mol. The summed E-state index contributed by atoms with van der Waals surface area (Å²) in [6, 6.07) is 7.91. The Morgan fingerprint density at radius 3 is 2.50 bits per heavy atom. The van der Waals surface area contributed by atoms with Gasteiger partial charge in [0.05, 0.1) is 30.3 Å². The summed E-state index contributed by atoms with van der Waals surface area (Å²) in [5.41, 5.74) is 11.6. The highest BCUT2D eigenvalue weighted by molar-refractivity contribution is 7.92. The second-order valence-electron chi connectivity index (χ2n) is 11.2. The molecule has 0 unspecified atom stereocenters. The summed E-state index contributed by atoms with van der Waals surface area (Å²) in [6.45, 7) is 10.0. The predicted octanol–water partition coefficient (Wildman–Crippen LogP) is 5.01. The van der Waals surface area contributed by atoms with Crippen LogP contribution in [0.5, 0.6) is 5.75 Å². The van der Waals surface area contributed by atoms with Crippen LogP contribution in [0.4, 0.5) is 34.5 Å². The van der Waals surface area contributed by atoms with E-state index in [9.17, 15) is 8.42 Å². The topological polar surface area (TPSA) is 151 Å². The number of piperidine rings is 1. The largest absolute Gasteiger partial charge is 0.494 e. The van der Waals surface area contributed by atoms with E-state index >= 15 is 0 Å². The number of benzene rings is 2. The molecule has 0 atom stereocenters. The van der Waals surface area contributed by atoms with Crippen LogP contribution < -0.4 is 30.3 Å². The highest BCUT2D eigenvalue weighted by Crippen LogP contribution is 2.40. The maximum absolute atomic E-state index is 12.6. The van der Waals surface area contributed by atoms with Crippen molar-refractivity contribution in [3.63, 3.8) is 0 Å². The first-order chi connectivity index (χ1) is 21.0. The van der Waals surface area contributed by atoms with Crippen molar-refractivity contribution in [1.82, 2.24) is 19.9 Å². The fraction of sp³-hybridized carbons (Fsp3) is 0.355. The average molecular weight is 618 g/mol. The van der Waals surface area contributed by atoms with Crippen LogP contribution in [-0.2, 0) is 10.0 Å². The number of nitrogens with two attached hydrogens (primary N) is 1. The Bertz CT molecular complexity index is 1790. The van der Waals surface area contributed by atoms with Crippen molar-refractivity contribution >= 4 is 61.6 Å². The lowest BCUT2D eigenvalue weighted by molar-refractivity contribution is 0.416. The average Bonchev–Trinajstić information content (AvgIpc) is 3.00. The zero-order valence-electron chi connectivity index (χ0n) is 25.7. The zero-order valence-corrected chi connectivity index (χ0v) is 26.5. The molecule has 5 rings (SSSR count). The van der Waals surface area contributed by atoms with Gasteiger partial charge >= 0.3 is 0 Å². The van der Waals surface area contributed by atoms with Crippen molar-refractivity contribution in [2.24, 2.45) is 5.73 Å². The van der Waals surface area contributed by atoms with Crippen molar-refractivity contribution in [3.8, 4) is 5.75 Å². The van der Waals surface area contributed by atoms with Crippen LogP contribution in [-0.4, -0.2) is 67.9 Å². The van der Waals surface area contributed by atoms with Crippen LogP contribution in [0.1, 0.15) is 43.7 Å². The van der Waals surface area contributed by atoms with E-state index in [1.807, 2.05) is 0 Å². The first-order valence-electron chi connectivity index (χ1n) is 14.4. The molecule has 1 aliphatic rings. The van der Waals surface area contributed by atoms with Gasteiger partial charge in [-0.15, -0.1) is 0 Å². The molecule has 0 saturated carbocycles. The Labute approximate surface area is 258 Å². The van der Waals surface area contributed by atoms with Crippen LogP contribution in [0.15, 0.2) is 49.4 Å². The summed E-state index contributed by atoms with van der Waals surface area (Å²) < 4.78 is 32.2. The summed E-state index contributed by atoms with van der Waals surface area (Å²) in [6.07, 6.45) is 9.40. The Morgan fingerprint density at radius 1 is 1.11 bits per heavy atom. The van der Waals surface area contributed by atoms with Crippen molar-refractivity contribution in [3.05, 3.63) is 60.6 Å². The smallest absolute Gasteiger partial charge is 0.232 e. The van der Waals surface area contributed by atoms with Crippen LogP contribution in [0.3, 0.4) is 0 Å². The number of fused-ring (bicyclic) bond motifs is 1. The lowest BCUT2D eigenvalue weighted by atomic mass is 9.97. The van der Waals surface area contributed by atoms with Gasteiger partial charge in [0.15, 0.2) is 0 Å². The van der Waals surface area contributed by atoms with Gasteiger partial charge < -0.3 is 26.0 Å². The number of rotatable bonds is 10. The van der Waals surface area contributed by atoms with E-state index in [1.165, 1.54) is 23.1 Å². The Morgan fingerprint density at radius 2 is 1.84 bits per heavy atom. The maximum atomic E-state index is 12.6. The molecule has 1 aliphatic heterocycles. The van der Waals surface area contributed by atoms with Gasteiger partial charge in [0, 0.05) is 62.1 Å². The van der Waals surface area contributed by atoms with Gasteiger partial charge in [0.1, 0.15) is 22.8 Å². The van der Waals surface area contributed by atoms with Gasteiger partial charge in [0.25, 0.3) is 0 Å². The molecule has 4 N–H and O–H groups in total. The molecular formula is C31H39N9O3S. The number of nitrogens with zero attached hydrogens (tertiary/aromatic N) is 6. The molecule has 4 aromatic rings. The number of aromatic nitrogens is 4. The normalized spacial score (nSPS) is 14.1. The van der Waals surface area contributed by atoms with Gasteiger partial charge in [-0.2, -0.15) is 4.98 Å². The molecule has 2 aromatic heterocycles. The molecule has 0 bridgehead atoms. The van der Waals surface area contributed by atoms with Crippen molar-refractivity contribution in [2.45, 2.75) is 38.6 Å². The van der Waals surface area contributed by atoms with Crippen LogP contribution in [0, 0.1) is 0 Å². The van der Waals surface area contributed by atoms with E-state index in [0.717, 1.165) is 43.6 Å². The molecule has 3 heterocycles. The van der Waals surface area contributed by atoms with Crippen molar-refractivity contribution < 1.29 is 13.2 Å². The Balaban J connectivity index is 1.53. The number of sulfonamides is 1. The molecule has 1 saturated heterocycles. The zero-order chi connectivity index (χ0) is 31.6. The van der Waals surface area contributed by atoms with Gasteiger partial charge in [-0.25, -0.2) is 13.4 Å². The lowest BCUT2D eigenvalue weighted by Crippen LogP contribution is -2.40. The second-order valence-corrected chi connectivity index (χ2v) is 13.2. The fourth-order valence-corrected chi connectivity index (χ4v) is 5.80.